The molecule has 1 saturated carbocycles. The summed E-state index contributed by atoms with van der Waals surface area (Å²) in [6.07, 6.45) is 1.49. The molecular formula is C7H13ClFN. The van der Waals surface area contributed by atoms with Crippen molar-refractivity contribution in [3.8, 4) is 0 Å². The van der Waals surface area contributed by atoms with E-state index in [-0.39, 0.29) is 12.4 Å². The molecule has 1 aliphatic carbocycles. The maximum absolute atomic E-state index is 12.6. The summed E-state index contributed by atoms with van der Waals surface area (Å²) in [5, 5.41) is 3.16. The molecule has 2 fully saturated rings. The SMILES string of the molecule is Cl.FC1CCC1C1CNC1. The third kappa shape index (κ3) is 1.15. The Hall–Kier alpha value is 0.180. The van der Waals surface area contributed by atoms with Crippen molar-refractivity contribution in [1.82, 2.24) is 5.32 Å². The Labute approximate surface area is 66.8 Å². The van der Waals surface area contributed by atoms with E-state index in [1.54, 1.807) is 0 Å². The van der Waals surface area contributed by atoms with E-state index in [1.165, 1.54) is 0 Å². The molecule has 2 rings (SSSR count). The Kier molecular flexibility index (Phi) is 2.53. The fourth-order valence-electron chi connectivity index (χ4n) is 1.63. The predicted octanol–water partition coefficient (Wildman–Crippen LogP) is 1.38. The van der Waals surface area contributed by atoms with Gasteiger partial charge in [0.25, 0.3) is 0 Å². The van der Waals surface area contributed by atoms with Crippen LogP contribution in [0.3, 0.4) is 0 Å². The molecule has 2 unspecified atom stereocenters. The summed E-state index contributed by atoms with van der Waals surface area (Å²) in [6, 6.07) is 0. The van der Waals surface area contributed by atoms with Crippen LogP contribution in [-0.4, -0.2) is 19.3 Å². The van der Waals surface area contributed by atoms with E-state index < -0.39 is 6.17 Å². The van der Waals surface area contributed by atoms with Crippen LogP contribution in [0.15, 0.2) is 0 Å². The number of alkyl halides is 1. The Bertz CT molecular complexity index is 116. The van der Waals surface area contributed by atoms with Crippen LogP contribution in [0, 0.1) is 11.8 Å². The van der Waals surface area contributed by atoms with Gasteiger partial charge in [0.05, 0.1) is 0 Å². The van der Waals surface area contributed by atoms with Crippen molar-refractivity contribution in [2.24, 2.45) is 11.8 Å². The van der Waals surface area contributed by atoms with Crippen LogP contribution in [0.2, 0.25) is 0 Å². The molecule has 1 saturated heterocycles. The number of nitrogens with one attached hydrogen (secondary N) is 1. The normalized spacial score (nSPS) is 39.3. The van der Waals surface area contributed by atoms with Crippen molar-refractivity contribution < 1.29 is 4.39 Å². The lowest BCUT2D eigenvalue weighted by Gasteiger charge is -2.42. The average Bonchev–Trinajstić information content (AvgIpc) is 1.74. The lowest BCUT2D eigenvalue weighted by atomic mass is 9.72. The third-order valence-corrected chi connectivity index (χ3v) is 2.66. The summed E-state index contributed by atoms with van der Waals surface area (Å²) >= 11 is 0. The van der Waals surface area contributed by atoms with E-state index in [0.717, 1.165) is 25.9 Å². The van der Waals surface area contributed by atoms with E-state index in [1.807, 2.05) is 0 Å². The van der Waals surface area contributed by atoms with E-state index >= 15 is 0 Å². The largest absolute Gasteiger partial charge is 0.316 e. The van der Waals surface area contributed by atoms with Crippen LogP contribution < -0.4 is 5.32 Å². The Balaban J connectivity index is 0.000000500. The van der Waals surface area contributed by atoms with Crippen molar-refractivity contribution in [3.63, 3.8) is 0 Å². The van der Waals surface area contributed by atoms with Crippen molar-refractivity contribution >= 4 is 12.4 Å². The number of halogens is 2. The molecule has 1 heterocycles. The topological polar surface area (TPSA) is 12.0 Å². The molecule has 1 N–H and O–H groups in total. The van der Waals surface area contributed by atoms with Gasteiger partial charge in [-0.2, -0.15) is 0 Å². The van der Waals surface area contributed by atoms with Gasteiger partial charge in [0.15, 0.2) is 0 Å². The minimum absolute atomic E-state index is 0. The quantitative estimate of drug-likeness (QED) is 0.619. The average molecular weight is 166 g/mol. The first kappa shape index (κ1) is 8.28. The summed E-state index contributed by atoms with van der Waals surface area (Å²) in [4.78, 5) is 0. The molecule has 0 radical (unpaired) electrons. The summed E-state index contributed by atoms with van der Waals surface area (Å²) in [7, 11) is 0. The van der Waals surface area contributed by atoms with Crippen LogP contribution in [0.4, 0.5) is 4.39 Å². The highest BCUT2D eigenvalue weighted by Gasteiger charge is 2.39. The zero-order valence-electron chi connectivity index (χ0n) is 5.85. The van der Waals surface area contributed by atoms with Gasteiger partial charge in [-0.15, -0.1) is 12.4 Å². The van der Waals surface area contributed by atoms with Gasteiger partial charge >= 0.3 is 0 Å². The molecule has 0 spiro atoms. The molecule has 0 aromatic rings. The molecule has 0 bridgehead atoms. The van der Waals surface area contributed by atoms with E-state index in [9.17, 15) is 4.39 Å². The Morgan fingerprint density at radius 3 is 2.00 bits per heavy atom. The minimum Gasteiger partial charge on any atom is -0.316 e. The third-order valence-electron chi connectivity index (χ3n) is 2.66. The maximum Gasteiger partial charge on any atom is 0.103 e. The molecule has 60 valence electrons. The number of hydrogen-bond acceptors (Lipinski definition) is 1. The molecule has 1 nitrogen and oxygen atoms in total. The fourth-order valence-corrected chi connectivity index (χ4v) is 1.63. The summed E-state index contributed by atoms with van der Waals surface area (Å²) < 4.78 is 12.6. The second-order valence-corrected chi connectivity index (χ2v) is 3.18. The van der Waals surface area contributed by atoms with E-state index in [4.69, 9.17) is 0 Å². The fraction of sp³-hybridized carbons (Fsp3) is 1.00. The molecular weight excluding hydrogens is 153 g/mol. The zero-order chi connectivity index (χ0) is 6.27. The number of rotatable bonds is 1. The smallest absolute Gasteiger partial charge is 0.103 e. The molecule has 2 aliphatic rings. The van der Waals surface area contributed by atoms with Crippen molar-refractivity contribution in [2.75, 3.05) is 13.1 Å². The predicted molar refractivity (Wildman–Crippen MR) is 41.2 cm³/mol. The van der Waals surface area contributed by atoms with Crippen LogP contribution in [0.1, 0.15) is 12.8 Å². The number of hydrogen-bond donors (Lipinski definition) is 1. The van der Waals surface area contributed by atoms with Gasteiger partial charge in [0.1, 0.15) is 6.17 Å². The standard InChI is InChI=1S/C7H12FN.ClH/c8-7-2-1-6(7)5-3-9-4-5;/h5-7,9H,1-4H2;1H. The molecule has 10 heavy (non-hydrogen) atoms. The summed E-state index contributed by atoms with van der Waals surface area (Å²) in [5.41, 5.74) is 0. The zero-order valence-corrected chi connectivity index (χ0v) is 6.66. The summed E-state index contributed by atoms with van der Waals surface area (Å²) in [6.45, 7) is 2.12. The van der Waals surface area contributed by atoms with Crippen LogP contribution >= 0.6 is 12.4 Å². The molecule has 2 atom stereocenters. The van der Waals surface area contributed by atoms with Crippen LogP contribution in [-0.2, 0) is 0 Å². The highest BCUT2D eigenvalue weighted by molar-refractivity contribution is 5.85. The first-order valence-corrected chi connectivity index (χ1v) is 3.72. The van der Waals surface area contributed by atoms with Crippen LogP contribution in [0.25, 0.3) is 0 Å². The Morgan fingerprint density at radius 2 is 1.90 bits per heavy atom. The van der Waals surface area contributed by atoms with Gasteiger partial charge in [-0.25, -0.2) is 4.39 Å². The van der Waals surface area contributed by atoms with Gasteiger partial charge < -0.3 is 5.32 Å². The maximum atomic E-state index is 12.6. The van der Waals surface area contributed by atoms with Gasteiger partial charge in [0.2, 0.25) is 0 Å². The van der Waals surface area contributed by atoms with Crippen molar-refractivity contribution in [1.29, 1.82) is 0 Å². The lowest BCUT2D eigenvalue weighted by molar-refractivity contribution is 0.0386. The second kappa shape index (κ2) is 3.05. The summed E-state index contributed by atoms with van der Waals surface area (Å²) in [5.74, 6) is 1.10. The highest BCUT2D eigenvalue weighted by Crippen LogP contribution is 2.37. The van der Waals surface area contributed by atoms with Gasteiger partial charge in [-0.3, -0.25) is 0 Å². The molecule has 0 amide bonds. The lowest BCUT2D eigenvalue weighted by Crippen LogP contribution is -2.51. The van der Waals surface area contributed by atoms with E-state index in [2.05, 4.69) is 5.32 Å². The van der Waals surface area contributed by atoms with Crippen LogP contribution in [0.5, 0.6) is 0 Å². The van der Waals surface area contributed by atoms with Crippen molar-refractivity contribution in [2.45, 2.75) is 19.0 Å². The molecule has 0 aromatic heterocycles. The second-order valence-electron chi connectivity index (χ2n) is 3.18. The van der Waals surface area contributed by atoms with Gasteiger partial charge in [-0.1, -0.05) is 0 Å². The van der Waals surface area contributed by atoms with Crippen molar-refractivity contribution in [3.05, 3.63) is 0 Å². The van der Waals surface area contributed by atoms with Gasteiger partial charge in [0, 0.05) is 0 Å². The molecule has 3 heteroatoms. The van der Waals surface area contributed by atoms with Gasteiger partial charge in [-0.05, 0) is 37.8 Å². The minimum atomic E-state index is -0.461. The first-order valence-electron chi connectivity index (χ1n) is 3.72. The first-order chi connectivity index (χ1) is 4.38. The Morgan fingerprint density at radius 1 is 1.20 bits per heavy atom. The van der Waals surface area contributed by atoms with E-state index in [0.29, 0.717) is 11.8 Å². The molecule has 1 aliphatic heterocycles. The monoisotopic (exact) mass is 165 g/mol. The highest BCUT2D eigenvalue weighted by atomic mass is 35.5. The molecule has 0 aromatic carbocycles.